The summed E-state index contributed by atoms with van der Waals surface area (Å²) < 4.78 is 36.0. The summed E-state index contributed by atoms with van der Waals surface area (Å²) in [6, 6.07) is 2.20. The number of fused-ring (bicyclic) bond motifs is 1. The second-order valence-electron chi connectivity index (χ2n) is 4.75. The molecule has 0 saturated heterocycles. The molecule has 1 unspecified atom stereocenters. The van der Waals surface area contributed by atoms with Crippen LogP contribution in [0.2, 0.25) is 0 Å². The third-order valence-electron chi connectivity index (χ3n) is 3.41. The molecule has 0 fully saturated rings. The average Bonchev–Trinajstić information content (AvgIpc) is 2.78. The molecule has 1 aromatic heterocycles. The zero-order valence-electron chi connectivity index (χ0n) is 10.5. The van der Waals surface area contributed by atoms with Gasteiger partial charge in [0.1, 0.15) is 12.6 Å². The Labute approximate surface area is 113 Å². The zero-order chi connectivity index (χ0) is 14.0. The fraction of sp³-hybridized carbons (Fsp3) is 0.583. The SMILES string of the molecule is C[C@@H]1c2ccsc2CC[NH+]1CC(=O)NCC(F)(F)F. The first-order valence-corrected chi connectivity index (χ1v) is 6.99. The number of hydrogen-bond donors (Lipinski definition) is 2. The highest BCUT2D eigenvalue weighted by Gasteiger charge is 2.31. The Morgan fingerprint density at radius 3 is 3.00 bits per heavy atom. The first-order valence-electron chi connectivity index (χ1n) is 6.11. The summed E-state index contributed by atoms with van der Waals surface area (Å²) in [6.45, 7) is 1.63. The van der Waals surface area contributed by atoms with E-state index in [9.17, 15) is 18.0 Å². The molecule has 2 heterocycles. The Kier molecular flexibility index (Phi) is 4.15. The van der Waals surface area contributed by atoms with Crippen molar-refractivity contribution in [2.45, 2.75) is 25.6 Å². The fourth-order valence-electron chi connectivity index (χ4n) is 2.36. The second-order valence-corrected chi connectivity index (χ2v) is 5.75. The number of alkyl halides is 3. The normalized spacial score (nSPS) is 22.9. The summed E-state index contributed by atoms with van der Waals surface area (Å²) in [6.07, 6.45) is -3.46. The van der Waals surface area contributed by atoms with Crippen LogP contribution in [0.5, 0.6) is 0 Å². The van der Waals surface area contributed by atoms with Crippen molar-refractivity contribution in [2.24, 2.45) is 0 Å². The van der Waals surface area contributed by atoms with Crippen LogP contribution in [0.1, 0.15) is 23.4 Å². The minimum absolute atomic E-state index is 0.0898. The molecule has 2 atom stereocenters. The van der Waals surface area contributed by atoms with Crippen molar-refractivity contribution in [1.29, 1.82) is 0 Å². The third kappa shape index (κ3) is 3.70. The van der Waals surface area contributed by atoms with Crippen molar-refractivity contribution in [1.82, 2.24) is 5.32 Å². The molecule has 2 rings (SSSR count). The Morgan fingerprint density at radius 2 is 2.32 bits per heavy atom. The lowest BCUT2D eigenvalue weighted by Gasteiger charge is -2.29. The van der Waals surface area contributed by atoms with Gasteiger partial charge in [-0.1, -0.05) is 0 Å². The van der Waals surface area contributed by atoms with Crippen LogP contribution in [0.3, 0.4) is 0 Å². The molecular formula is C12H16F3N2OS+. The molecule has 0 spiro atoms. The molecule has 1 aromatic rings. The van der Waals surface area contributed by atoms with Crippen LogP contribution in [-0.2, 0) is 11.2 Å². The topological polar surface area (TPSA) is 33.5 Å². The molecule has 1 aliphatic heterocycles. The molecular weight excluding hydrogens is 277 g/mol. The first kappa shape index (κ1) is 14.3. The zero-order valence-corrected chi connectivity index (χ0v) is 11.3. The molecule has 19 heavy (non-hydrogen) atoms. The van der Waals surface area contributed by atoms with E-state index in [-0.39, 0.29) is 12.6 Å². The maximum atomic E-state index is 12.0. The van der Waals surface area contributed by atoms with Crippen LogP contribution >= 0.6 is 11.3 Å². The number of rotatable bonds is 3. The van der Waals surface area contributed by atoms with Crippen LogP contribution in [0.4, 0.5) is 13.2 Å². The molecule has 0 aliphatic carbocycles. The summed E-state index contributed by atoms with van der Waals surface area (Å²) in [5.74, 6) is -0.544. The second kappa shape index (κ2) is 5.50. The van der Waals surface area contributed by atoms with Crippen molar-refractivity contribution in [2.75, 3.05) is 19.6 Å². The predicted octanol–water partition coefficient (Wildman–Crippen LogP) is 0.929. The van der Waals surface area contributed by atoms with Gasteiger partial charge in [0.15, 0.2) is 6.54 Å². The molecule has 0 saturated carbocycles. The van der Waals surface area contributed by atoms with E-state index in [0.29, 0.717) is 0 Å². The Bertz CT molecular complexity index is 458. The van der Waals surface area contributed by atoms with Crippen molar-refractivity contribution in [3.05, 3.63) is 21.9 Å². The lowest BCUT2D eigenvalue weighted by Crippen LogP contribution is -3.14. The maximum Gasteiger partial charge on any atom is 0.405 e. The lowest BCUT2D eigenvalue weighted by molar-refractivity contribution is -0.924. The Balaban J connectivity index is 1.89. The predicted molar refractivity (Wildman–Crippen MR) is 66.2 cm³/mol. The highest BCUT2D eigenvalue weighted by Crippen LogP contribution is 2.24. The van der Waals surface area contributed by atoms with E-state index in [2.05, 4.69) is 0 Å². The number of quaternary nitrogens is 1. The summed E-state index contributed by atoms with van der Waals surface area (Å²) >= 11 is 1.70. The van der Waals surface area contributed by atoms with E-state index in [1.807, 2.05) is 23.7 Å². The number of hydrogen-bond acceptors (Lipinski definition) is 2. The number of carbonyl (C=O) groups excluding carboxylic acids is 1. The van der Waals surface area contributed by atoms with Crippen LogP contribution < -0.4 is 10.2 Å². The maximum absolute atomic E-state index is 12.0. The highest BCUT2D eigenvalue weighted by atomic mass is 32.1. The average molecular weight is 293 g/mol. The number of carbonyl (C=O) groups is 1. The smallest absolute Gasteiger partial charge is 0.342 e. The highest BCUT2D eigenvalue weighted by molar-refractivity contribution is 7.10. The Morgan fingerprint density at radius 1 is 1.58 bits per heavy atom. The van der Waals surface area contributed by atoms with Gasteiger partial charge in [-0.3, -0.25) is 4.79 Å². The third-order valence-corrected chi connectivity index (χ3v) is 4.40. The summed E-state index contributed by atoms with van der Waals surface area (Å²) in [5, 5.41) is 3.95. The lowest BCUT2D eigenvalue weighted by atomic mass is 10.0. The number of nitrogens with one attached hydrogen (secondary N) is 2. The van der Waals surface area contributed by atoms with Gasteiger partial charge in [0.2, 0.25) is 0 Å². The molecule has 1 aliphatic rings. The molecule has 0 bridgehead atoms. The molecule has 0 radical (unpaired) electrons. The van der Waals surface area contributed by atoms with Gasteiger partial charge in [-0.25, -0.2) is 0 Å². The molecule has 1 amide bonds. The van der Waals surface area contributed by atoms with Gasteiger partial charge in [-0.15, -0.1) is 11.3 Å². The fourth-order valence-corrected chi connectivity index (χ4v) is 3.34. The number of thiophene rings is 1. The monoisotopic (exact) mass is 293 g/mol. The van der Waals surface area contributed by atoms with E-state index in [4.69, 9.17) is 0 Å². The first-order chi connectivity index (χ1) is 8.87. The van der Waals surface area contributed by atoms with Crippen LogP contribution in [-0.4, -0.2) is 31.7 Å². The van der Waals surface area contributed by atoms with Crippen molar-refractivity contribution in [3.63, 3.8) is 0 Å². The Hall–Kier alpha value is -1.08. The molecule has 3 nitrogen and oxygen atoms in total. The van der Waals surface area contributed by atoms with E-state index in [0.717, 1.165) is 17.9 Å². The van der Waals surface area contributed by atoms with Gasteiger partial charge >= 0.3 is 6.18 Å². The number of amides is 1. The summed E-state index contributed by atoms with van der Waals surface area (Å²) in [5.41, 5.74) is 1.22. The molecule has 106 valence electrons. The number of halogens is 3. The summed E-state index contributed by atoms with van der Waals surface area (Å²) in [4.78, 5) is 13.9. The standard InChI is InChI=1S/C12H15F3N2OS/c1-8-9-3-5-19-10(9)2-4-17(8)6-11(18)16-7-12(13,14)15/h3,5,8H,2,4,6-7H2,1H3,(H,16,18)/p+1/t8-/m1/s1. The van der Waals surface area contributed by atoms with E-state index >= 15 is 0 Å². The van der Waals surface area contributed by atoms with Gasteiger partial charge in [-0.05, 0) is 18.4 Å². The van der Waals surface area contributed by atoms with Gasteiger partial charge in [0.05, 0.1) is 6.54 Å². The van der Waals surface area contributed by atoms with Crippen LogP contribution in [0.25, 0.3) is 0 Å². The van der Waals surface area contributed by atoms with E-state index in [1.54, 1.807) is 11.3 Å². The van der Waals surface area contributed by atoms with Crippen LogP contribution in [0.15, 0.2) is 11.4 Å². The molecule has 0 aromatic carbocycles. The molecule has 7 heteroatoms. The largest absolute Gasteiger partial charge is 0.405 e. The van der Waals surface area contributed by atoms with Gasteiger partial charge in [0.25, 0.3) is 5.91 Å². The van der Waals surface area contributed by atoms with E-state index < -0.39 is 18.6 Å². The van der Waals surface area contributed by atoms with Gasteiger partial charge < -0.3 is 10.2 Å². The minimum atomic E-state index is -4.35. The van der Waals surface area contributed by atoms with Gasteiger partial charge in [0, 0.05) is 16.9 Å². The molecule has 2 N–H and O–H groups in total. The van der Waals surface area contributed by atoms with Crippen LogP contribution in [0, 0.1) is 0 Å². The van der Waals surface area contributed by atoms with Crippen molar-refractivity contribution >= 4 is 17.2 Å². The minimum Gasteiger partial charge on any atom is -0.342 e. The van der Waals surface area contributed by atoms with E-state index in [1.165, 1.54) is 10.4 Å². The van der Waals surface area contributed by atoms with Crippen molar-refractivity contribution < 1.29 is 22.9 Å². The van der Waals surface area contributed by atoms with Gasteiger partial charge in [-0.2, -0.15) is 13.2 Å². The quantitative estimate of drug-likeness (QED) is 0.854. The van der Waals surface area contributed by atoms with Crippen molar-refractivity contribution in [3.8, 4) is 0 Å². The summed E-state index contributed by atoms with van der Waals surface area (Å²) in [7, 11) is 0.